The summed E-state index contributed by atoms with van der Waals surface area (Å²) >= 11 is 0. The van der Waals surface area contributed by atoms with Crippen LogP contribution in [0.5, 0.6) is 0 Å². The van der Waals surface area contributed by atoms with Gasteiger partial charge in [-0.25, -0.2) is 14.2 Å². The normalized spacial score (nSPS) is 11.7. The standard InChI is InChI=1S/C29H28F7N5O.ClH/c1-39(26-38-24-6-3-4-7-25(24)41(26)18-19-8-10-23(30)11-9-19)12-5-13-40(2)27(42)37-17-20-14-21(28(31,32)33)16-22(15-20)29(34,35)36;/h3-4,6-11,14-16H,5,12-13,17-18H2,1-2H3,(H,37,42);1H. The van der Waals surface area contributed by atoms with Crippen LogP contribution in [0, 0.1) is 5.82 Å². The third-order valence-electron chi connectivity index (χ3n) is 6.65. The molecule has 0 saturated carbocycles. The number of para-hydroxylation sites is 2. The second kappa shape index (κ2) is 13.5. The molecule has 0 aliphatic heterocycles. The number of alkyl halides is 6. The van der Waals surface area contributed by atoms with E-state index in [1.165, 1.54) is 24.1 Å². The summed E-state index contributed by atoms with van der Waals surface area (Å²) in [6, 6.07) is 14.3. The molecule has 1 heterocycles. The number of hydrogen-bond acceptors (Lipinski definition) is 3. The predicted molar refractivity (Wildman–Crippen MR) is 152 cm³/mol. The third-order valence-corrected chi connectivity index (χ3v) is 6.65. The van der Waals surface area contributed by atoms with E-state index >= 15 is 0 Å². The number of rotatable bonds is 9. The van der Waals surface area contributed by atoms with E-state index in [2.05, 4.69) is 5.32 Å². The van der Waals surface area contributed by atoms with Gasteiger partial charge in [0.1, 0.15) is 5.82 Å². The number of aromatic nitrogens is 2. The molecule has 43 heavy (non-hydrogen) atoms. The molecule has 0 aliphatic carbocycles. The van der Waals surface area contributed by atoms with E-state index in [0.29, 0.717) is 37.6 Å². The largest absolute Gasteiger partial charge is 0.416 e. The molecule has 1 N–H and O–H groups in total. The summed E-state index contributed by atoms with van der Waals surface area (Å²) < 4.78 is 94.1. The topological polar surface area (TPSA) is 53.4 Å². The molecule has 0 radical (unpaired) electrons. The molecular formula is C29H29ClF7N5O. The van der Waals surface area contributed by atoms with E-state index in [1.54, 1.807) is 12.1 Å². The summed E-state index contributed by atoms with van der Waals surface area (Å²) in [6.45, 7) is 0.676. The summed E-state index contributed by atoms with van der Waals surface area (Å²) in [6.07, 6.45) is -9.45. The number of fused-ring (bicyclic) bond motifs is 1. The SMILES string of the molecule is CN(CCCN(C)c1nc2ccccc2n1Cc1ccc(F)cc1)C(=O)NCc1cc(C(F)(F)F)cc(C(F)(F)F)c1.Cl. The van der Waals surface area contributed by atoms with Gasteiger partial charge in [-0.05, 0) is 60.0 Å². The van der Waals surface area contributed by atoms with E-state index in [0.717, 1.165) is 16.6 Å². The molecule has 232 valence electrons. The Labute approximate surface area is 249 Å². The molecule has 0 aliphatic rings. The number of urea groups is 1. The van der Waals surface area contributed by atoms with Gasteiger partial charge >= 0.3 is 18.4 Å². The van der Waals surface area contributed by atoms with Gasteiger partial charge in [0.2, 0.25) is 5.95 Å². The minimum atomic E-state index is -4.97. The predicted octanol–water partition coefficient (Wildman–Crippen LogP) is 7.35. The van der Waals surface area contributed by atoms with Crippen LogP contribution < -0.4 is 10.2 Å². The number of imidazole rings is 1. The lowest BCUT2D eigenvalue weighted by atomic mass is 10.0. The van der Waals surface area contributed by atoms with Crippen molar-refractivity contribution in [2.24, 2.45) is 0 Å². The maximum Gasteiger partial charge on any atom is 0.416 e. The second-order valence-corrected chi connectivity index (χ2v) is 9.88. The molecule has 1 aromatic heterocycles. The highest BCUT2D eigenvalue weighted by Crippen LogP contribution is 2.36. The smallest absolute Gasteiger partial charge is 0.345 e. The van der Waals surface area contributed by atoms with Gasteiger partial charge < -0.3 is 19.7 Å². The van der Waals surface area contributed by atoms with Crippen LogP contribution in [0.3, 0.4) is 0 Å². The van der Waals surface area contributed by atoms with Gasteiger partial charge in [-0.2, -0.15) is 26.3 Å². The Kier molecular flexibility index (Phi) is 10.5. The first-order chi connectivity index (χ1) is 19.7. The van der Waals surface area contributed by atoms with Crippen LogP contribution in [-0.4, -0.2) is 47.7 Å². The lowest BCUT2D eigenvalue weighted by Crippen LogP contribution is -2.38. The average Bonchev–Trinajstić information content (AvgIpc) is 3.30. The van der Waals surface area contributed by atoms with E-state index in [9.17, 15) is 35.5 Å². The van der Waals surface area contributed by atoms with Crippen molar-refractivity contribution in [3.05, 3.63) is 94.8 Å². The van der Waals surface area contributed by atoms with Crippen molar-refractivity contribution < 1.29 is 35.5 Å². The molecular weight excluding hydrogens is 603 g/mol. The van der Waals surface area contributed by atoms with Crippen molar-refractivity contribution in [3.8, 4) is 0 Å². The Morgan fingerprint density at radius 3 is 2.07 bits per heavy atom. The van der Waals surface area contributed by atoms with E-state index < -0.39 is 36.1 Å². The molecule has 2 amide bonds. The van der Waals surface area contributed by atoms with Crippen LogP contribution in [0.2, 0.25) is 0 Å². The average molecular weight is 632 g/mol. The van der Waals surface area contributed by atoms with Crippen LogP contribution in [0.25, 0.3) is 11.0 Å². The summed E-state index contributed by atoms with van der Waals surface area (Å²) in [5.74, 6) is 0.332. The fraction of sp³-hybridized carbons (Fsp3) is 0.310. The number of carbonyl (C=O) groups is 1. The maximum atomic E-state index is 13.4. The van der Waals surface area contributed by atoms with Gasteiger partial charge in [0.15, 0.2) is 0 Å². The summed E-state index contributed by atoms with van der Waals surface area (Å²) in [5.41, 5.74) is -0.649. The lowest BCUT2D eigenvalue weighted by molar-refractivity contribution is -0.143. The highest BCUT2D eigenvalue weighted by atomic mass is 35.5. The molecule has 3 aromatic carbocycles. The minimum Gasteiger partial charge on any atom is -0.345 e. The fourth-order valence-corrected chi connectivity index (χ4v) is 4.46. The maximum absolute atomic E-state index is 13.4. The molecule has 0 bridgehead atoms. The molecule has 6 nitrogen and oxygen atoms in total. The molecule has 0 spiro atoms. The number of carbonyl (C=O) groups excluding carboxylic acids is 1. The van der Waals surface area contributed by atoms with Crippen molar-refractivity contribution in [1.29, 1.82) is 0 Å². The quantitative estimate of drug-likeness (QED) is 0.197. The first kappa shape index (κ1) is 33.5. The summed E-state index contributed by atoms with van der Waals surface area (Å²) in [4.78, 5) is 20.5. The monoisotopic (exact) mass is 631 g/mol. The van der Waals surface area contributed by atoms with Crippen molar-refractivity contribution in [2.45, 2.75) is 31.9 Å². The number of nitrogens with zero attached hydrogens (tertiary/aromatic N) is 4. The van der Waals surface area contributed by atoms with Crippen LogP contribution >= 0.6 is 12.4 Å². The number of hydrogen-bond donors (Lipinski definition) is 1. The van der Waals surface area contributed by atoms with Crippen molar-refractivity contribution in [1.82, 2.24) is 19.8 Å². The molecule has 4 rings (SSSR count). The van der Waals surface area contributed by atoms with Gasteiger partial charge in [0, 0.05) is 33.7 Å². The van der Waals surface area contributed by atoms with Crippen LogP contribution in [0.4, 0.5) is 41.5 Å². The van der Waals surface area contributed by atoms with Gasteiger partial charge in [0.05, 0.1) is 28.7 Å². The number of benzene rings is 3. The third kappa shape index (κ3) is 8.53. The number of anilines is 1. The Bertz CT molecular complexity index is 1510. The fourth-order valence-electron chi connectivity index (χ4n) is 4.46. The van der Waals surface area contributed by atoms with Crippen molar-refractivity contribution in [3.63, 3.8) is 0 Å². The minimum absolute atomic E-state index is 0. The Balaban J connectivity index is 0.00000506. The second-order valence-electron chi connectivity index (χ2n) is 9.88. The van der Waals surface area contributed by atoms with Crippen LogP contribution in [0.15, 0.2) is 66.7 Å². The number of amides is 2. The molecule has 14 heteroatoms. The van der Waals surface area contributed by atoms with Gasteiger partial charge in [-0.1, -0.05) is 24.3 Å². The Morgan fingerprint density at radius 1 is 0.860 bits per heavy atom. The zero-order valence-electron chi connectivity index (χ0n) is 23.1. The van der Waals surface area contributed by atoms with Gasteiger partial charge in [0.25, 0.3) is 0 Å². The first-order valence-electron chi connectivity index (χ1n) is 12.9. The zero-order chi connectivity index (χ0) is 30.7. The summed E-state index contributed by atoms with van der Waals surface area (Å²) in [5, 5.41) is 2.38. The van der Waals surface area contributed by atoms with Crippen LogP contribution in [-0.2, 0) is 25.4 Å². The molecule has 0 fully saturated rings. The zero-order valence-corrected chi connectivity index (χ0v) is 24.0. The highest BCUT2D eigenvalue weighted by Gasteiger charge is 2.36. The van der Waals surface area contributed by atoms with E-state index in [4.69, 9.17) is 4.98 Å². The van der Waals surface area contributed by atoms with Crippen molar-refractivity contribution in [2.75, 3.05) is 32.1 Å². The highest BCUT2D eigenvalue weighted by molar-refractivity contribution is 5.85. The molecule has 0 atom stereocenters. The summed E-state index contributed by atoms with van der Waals surface area (Å²) in [7, 11) is 3.32. The van der Waals surface area contributed by atoms with E-state index in [1.807, 2.05) is 40.8 Å². The number of halogens is 8. The Morgan fingerprint density at radius 2 is 1.47 bits per heavy atom. The molecule has 0 saturated heterocycles. The van der Waals surface area contributed by atoms with E-state index in [-0.39, 0.29) is 36.4 Å². The first-order valence-corrected chi connectivity index (χ1v) is 12.9. The molecule has 0 unspecified atom stereocenters. The molecule has 4 aromatic rings. The number of nitrogens with one attached hydrogen (secondary N) is 1. The Hall–Kier alpha value is -4.00. The van der Waals surface area contributed by atoms with Crippen molar-refractivity contribution >= 4 is 35.4 Å². The van der Waals surface area contributed by atoms with Gasteiger partial charge in [-0.15, -0.1) is 12.4 Å². The van der Waals surface area contributed by atoms with Crippen LogP contribution in [0.1, 0.15) is 28.7 Å². The lowest BCUT2D eigenvalue weighted by Gasteiger charge is -2.23. The van der Waals surface area contributed by atoms with Gasteiger partial charge in [-0.3, -0.25) is 0 Å².